The van der Waals surface area contributed by atoms with Crippen molar-refractivity contribution < 1.29 is 14.3 Å². The summed E-state index contributed by atoms with van der Waals surface area (Å²) in [7, 11) is 0. The Morgan fingerprint density at radius 1 is 1.22 bits per heavy atom. The Bertz CT molecular complexity index is 759. The van der Waals surface area contributed by atoms with E-state index in [-0.39, 0.29) is 5.56 Å². The molecule has 0 saturated heterocycles. The van der Waals surface area contributed by atoms with Crippen molar-refractivity contribution in [3.05, 3.63) is 40.2 Å². The van der Waals surface area contributed by atoms with Crippen LogP contribution >= 0.6 is 0 Å². The van der Waals surface area contributed by atoms with E-state index in [4.69, 9.17) is 9.52 Å². The van der Waals surface area contributed by atoms with E-state index in [1.54, 1.807) is 12.1 Å². The minimum absolute atomic E-state index is 0.337. The van der Waals surface area contributed by atoms with Gasteiger partial charge in [0.15, 0.2) is 0 Å². The molecule has 1 aromatic carbocycles. The molecule has 2 aromatic rings. The number of hydrogen-bond acceptors (Lipinski definition) is 4. The molecule has 23 heavy (non-hydrogen) atoms. The highest BCUT2D eigenvalue weighted by atomic mass is 16.4. The van der Waals surface area contributed by atoms with Crippen LogP contribution in [0.3, 0.4) is 0 Å². The van der Waals surface area contributed by atoms with Crippen LogP contribution in [0.15, 0.2) is 33.5 Å². The van der Waals surface area contributed by atoms with Crippen molar-refractivity contribution in [2.75, 3.05) is 11.9 Å². The summed E-state index contributed by atoms with van der Waals surface area (Å²) in [6, 6.07) is 6.76. The lowest BCUT2D eigenvalue weighted by Crippen LogP contribution is -2.13. The van der Waals surface area contributed by atoms with Crippen LogP contribution in [-0.4, -0.2) is 17.6 Å². The number of aromatic carboxylic acids is 1. The first-order chi connectivity index (χ1) is 11.1. The van der Waals surface area contributed by atoms with Gasteiger partial charge in [-0.25, -0.2) is 9.59 Å². The van der Waals surface area contributed by atoms with Crippen LogP contribution in [0.5, 0.6) is 0 Å². The van der Waals surface area contributed by atoms with Crippen LogP contribution in [-0.2, 0) is 0 Å². The summed E-state index contributed by atoms with van der Waals surface area (Å²) in [5.41, 5.74) is 0.141. The Balaban J connectivity index is 1.68. The van der Waals surface area contributed by atoms with E-state index in [0.717, 1.165) is 24.6 Å². The second-order valence-electron chi connectivity index (χ2n) is 6.22. The molecule has 3 rings (SSSR count). The third-order valence-corrected chi connectivity index (χ3v) is 4.57. The third-order valence-electron chi connectivity index (χ3n) is 4.57. The first-order valence-corrected chi connectivity index (χ1v) is 8.18. The number of hydrogen-bond donors (Lipinski definition) is 2. The maximum Gasteiger partial charge on any atom is 0.351 e. The van der Waals surface area contributed by atoms with Crippen molar-refractivity contribution >= 4 is 22.6 Å². The molecule has 0 unspecified atom stereocenters. The number of nitrogens with one attached hydrogen (secondary N) is 1. The molecule has 5 heteroatoms. The van der Waals surface area contributed by atoms with E-state index in [9.17, 15) is 9.59 Å². The van der Waals surface area contributed by atoms with Crippen molar-refractivity contribution in [1.29, 1.82) is 0 Å². The minimum atomic E-state index is -1.27. The van der Waals surface area contributed by atoms with Crippen molar-refractivity contribution in [3.8, 4) is 0 Å². The Labute approximate surface area is 134 Å². The Kier molecular flexibility index (Phi) is 4.65. The van der Waals surface area contributed by atoms with Gasteiger partial charge in [-0.15, -0.1) is 0 Å². The van der Waals surface area contributed by atoms with Crippen molar-refractivity contribution in [3.63, 3.8) is 0 Å². The Morgan fingerprint density at radius 3 is 2.74 bits per heavy atom. The highest BCUT2D eigenvalue weighted by molar-refractivity contribution is 5.92. The van der Waals surface area contributed by atoms with Gasteiger partial charge in [-0.2, -0.15) is 0 Å². The average Bonchev–Trinajstić information content (AvgIpc) is 2.55. The fourth-order valence-corrected chi connectivity index (χ4v) is 3.27. The zero-order valence-electron chi connectivity index (χ0n) is 13.0. The lowest BCUT2D eigenvalue weighted by Gasteiger charge is -2.21. The van der Waals surface area contributed by atoms with Gasteiger partial charge in [0.05, 0.1) is 0 Å². The second-order valence-corrected chi connectivity index (χ2v) is 6.22. The molecule has 0 atom stereocenters. The number of anilines is 1. The monoisotopic (exact) mass is 315 g/mol. The van der Waals surface area contributed by atoms with Gasteiger partial charge in [0, 0.05) is 23.7 Å². The molecule has 5 nitrogen and oxygen atoms in total. The van der Waals surface area contributed by atoms with Gasteiger partial charge in [-0.1, -0.05) is 32.1 Å². The molecule has 2 N–H and O–H groups in total. The first kappa shape index (κ1) is 15.6. The lowest BCUT2D eigenvalue weighted by atomic mass is 9.87. The van der Waals surface area contributed by atoms with Crippen LogP contribution < -0.4 is 10.9 Å². The smallest absolute Gasteiger partial charge is 0.351 e. The first-order valence-electron chi connectivity index (χ1n) is 8.18. The van der Waals surface area contributed by atoms with Gasteiger partial charge < -0.3 is 14.8 Å². The molecular formula is C18H21NO4. The van der Waals surface area contributed by atoms with Crippen molar-refractivity contribution in [2.24, 2.45) is 5.92 Å². The third kappa shape index (κ3) is 3.73. The summed E-state index contributed by atoms with van der Waals surface area (Å²) in [6.45, 7) is 0.896. The Morgan fingerprint density at radius 2 is 2.00 bits per heavy atom. The summed E-state index contributed by atoms with van der Waals surface area (Å²) in [4.78, 5) is 22.6. The molecule has 1 aliphatic rings. The van der Waals surface area contributed by atoms with Gasteiger partial charge in [-0.05, 0) is 30.5 Å². The summed E-state index contributed by atoms with van der Waals surface area (Å²) in [6.07, 6.45) is 7.86. The van der Waals surface area contributed by atoms with Crippen LogP contribution in [0.2, 0.25) is 0 Å². The molecule has 1 heterocycles. The van der Waals surface area contributed by atoms with Crippen LogP contribution in [0.4, 0.5) is 5.69 Å². The number of carboxylic acids is 1. The van der Waals surface area contributed by atoms with E-state index in [1.165, 1.54) is 38.2 Å². The molecule has 1 saturated carbocycles. The standard InChI is InChI=1S/C18H21NO4/c20-17(21)15-10-13-6-7-14(11-16(13)23-18(15)22)19-9-8-12-4-2-1-3-5-12/h6-7,10-12,19H,1-5,8-9H2,(H,20,21). The molecule has 0 spiro atoms. The lowest BCUT2D eigenvalue weighted by molar-refractivity contribution is 0.0692. The molecule has 0 radical (unpaired) electrons. The van der Waals surface area contributed by atoms with Gasteiger partial charge in [0.25, 0.3) is 0 Å². The number of carboxylic acid groups (broad SMARTS) is 1. The molecule has 122 valence electrons. The van der Waals surface area contributed by atoms with E-state index >= 15 is 0 Å². The van der Waals surface area contributed by atoms with E-state index in [1.807, 2.05) is 6.07 Å². The molecule has 0 aliphatic heterocycles. The quantitative estimate of drug-likeness (QED) is 0.819. The van der Waals surface area contributed by atoms with E-state index in [2.05, 4.69) is 5.32 Å². The maximum absolute atomic E-state index is 11.6. The zero-order valence-corrected chi connectivity index (χ0v) is 13.0. The molecule has 1 aliphatic carbocycles. The highest BCUT2D eigenvalue weighted by Crippen LogP contribution is 2.26. The largest absolute Gasteiger partial charge is 0.477 e. The summed E-state index contributed by atoms with van der Waals surface area (Å²) >= 11 is 0. The van der Waals surface area contributed by atoms with Crippen molar-refractivity contribution in [1.82, 2.24) is 0 Å². The van der Waals surface area contributed by atoms with Crippen LogP contribution in [0.25, 0.3) is 11.0 Å². The molecule has 1 fully saturated rings. The number of fused-ring (bicyclic) bond motifs is 1. The summed E-state index contributed by atoms with van der Waals surface area (Å²) in [5.74, 6) is -0.455. The topological polar surface area (TPSA) is 79.5 Å². The van der Waals surface area contributed by atoms with E-state index < -0.39 is 11.6 Å². The van der Waals surface area contributed by atoms with Crippen molar-refractivity contribution in [2.45, 2.75) is 38.5 Å². The van der Waals surface area contributed by atoms with Gasteiger partial charge in [0.2, 0.25) is 0 Å². The fourth-order valence-electron chi connectivity index (χ4n) is 3.27. The van der Waals surface area contributed by atoms with Crippen LogP contribution in [0, 0.1) is 5.92 Å². The summed E-state index contributed by atoms with van der Waals surface area (Å²) in [5, 5.41) is 12.9. The fraction of sp³-hybridized carbons (Fsp3) is 0.444. The number of carbonyl (C=O) groups is 1. The predicted molar refractivity (Wildman–Crippen MR) is 89.1 cm³/mol. The predicted octanol–water partition coefficient (Wildman–Crippen LogP) is 3.87. The van der Waals surface area contributed by atoms with Crippen LogP contribution in [0.1, 0.15) is 48.9 Å². The average molecular weight is 315 g/mol. The maximum atomic E-state index is 11.6. The molecular weight excluding hydrogens is 294 g/mol. The summed E-state index contributed by atoms with van der Waals surface area (Å²) < 4.78 is 5.11. The van der Waals surface area contributed by atoms with Gasteiger partial charge in [-0.3, -0.25) is 0 Å². The highest BCUT2D eigenvalue weighted by Gasteiger charge is 2.14. The minimum Gasteiger partial charge on any atom is -0.477 e. The normalized spacial score (nSPS) is 15.7. The zero-order chi connectivity index (χ0) is 16.2. The number of rotatable bonds is 5. The Hall–Kier alpha value is -2.30. The molecule has 1 aromatic heterocycles. The molecule has 0 amide bonds. The SMILES string of the molecule is O=C(O)c1cc2ccc(NCCC3CCCCC3)cc2oc1=O. The molecule has 0 bridgehead atoms. The van der Waals surface area contributed by atoms with Gasteiger partial charge in [0.1, 0.15) is 11.1 Å². The second kappa shape index (κ2) is 6.86. The van der Waals surface area contributed by atoms with E-state index in [0.29, 0.717) is 11.0 Å². The number of benzene rings is 1. The van der Waals surface area contributed by atoms with Gasteiger partial charge >= 0.3 is 11.6 Å².